The maximum atomic E-state index is 13.3. The molecule has 0 spiro atoms. The highest BCUT2D eigenvalue weighted by atomic mass is 19.4. The van der Waals surface area contributed by atoms with Crippen LogP contribution in [0, 0.1) is 11.7 Å². The van der Waals surface area contributed by atoms with E-state index in [1.54, 1.807) is 0 Å². The minimum atomic E-state index is -4.82. The number of nitrogens with two attached hydrogens (primary N) is 1. The summed E-state index contributed by atoms with van der Waals surface area (Å²) in [5.41, 5.74) is 3.96. The van der Waals surface area contributed by atoms with Crippen molar-refractivity contribution < 1.29 is 22.4 Å². The lowest BCUT2D eigenvalue weighted by atomic mass is 9.94. The summed E-state index contributed by atoms with van der Waals surface area (Å²) in [7, 11) is 0. The highest BCUT2D eigenvalue weighted by Gasteiger charge is 2.35. The number of hydrogen-bond donors (Lipinski definition) is 1. The Kier molecular flexibility index (Phi) is 5.05. The average molecular weight is 318 g/mol. The van der Waals surface area contributed by atoms with Gasteiger partial charge in [-0.15, -0.1) is 0 Å². The number of halogens is 4. The van der Waals surface area contributed by atoms with Crippen LogP contribution in [0.25, 0.3) is 0 Å². The highest BCUT2D eigenvalue weighted by molar-refractivity contribution is 5.94. The topological polar surface area (TPSA) is 46.3 Å². The molecule has 1 aromatic carbocycles. The van der Waals surface area contributed by atoms with E-state index in [-0.39, 0.29) is 11.5 Å². The molecule has 0 aromatic heterocycles. The smallest absolute Gasteiger partial charge is 0.338 e. The molecule has 1 unspecified atom stereocenters. The molecule has 2 N–H and O–H groups in total. The van der Waals surface area contributed by atoms with Crippen molar-refractivity contribution >= 4 is 5.91 Å². The number of alkyl halides is 3. The molecule has 1 heterocycles. The number of benzene rings is 1. The van der Waals surface area contributed by atoms with Crippen LogP contribution in [0.4, 0.5) is 17.6 Å². The fraction of sp³-hybridized carbons (Fsp3) is 0.533. The van der Waals surface area contributed by atoms with Crippen molar-refractivity contribution in [3.05, 3.63) is 35.1 Å². The van der Waals surface area contributed by atoms with Crippen molar-refractivity contribution in [1.82, 2.24) is 4.90 Å². The van der Waals surface area contributed by atoms with Crippen LogP contribution in [0.1, 0.15) is 35.2 Å². The molecule has 1 aliphatic heterocycles. The van der Waals surface area contributed by atoms with Crippen LogP contribution < -0.4 is 5.73 Å². The SMILES string of the molecule is NCCC1CCCN(C(=O)c2ccc(F)c(C(F)(F)F)c2)C1. The van der Waals surface area contributed by atoms with Crippen LogP contribution in [0.3, 0.4) is 0 Å². The lowest BCUT2D eigenvalue weighted by molar-refractivity contribution is -0.140. The third-order valence-corrected chi connectivity index (χ3v) is 3.90. The summed E-state index contributed by atoms with van der Waals surface area (Å²) in [5, 5.41) is 0. The molecule has 1 aromatic rings. The first-order valence-electron chi connectivity index (χ1n) is 7.19. The minimum Gasteiger partial charge on any atom is -0.338 e. The first-order chi connectivity index (χ1) is 10.3. The Balaban J connectivity index is 2.19. The molecule has 0 radical (unpaired) electrons. The van der Waals surface area contributed by atoms with Gasteiger partial charge in [-0.2, -0.15) is 13.2 Å². The lowest BCUT2D eigenvalue weighted by Crippen LogP contribution is -2.40. The van der Waals surface area contributed by atoms with Crippen LogP contribution in [-0.4, -0.2) is 30.4 Å². The van der Waals surface area contributed by atoms with E-state index in [1.807, 2.05) is 0 Å². The van der Waals surface area contributed by atoms with E-state index in [9.17, 15) is 22.4 Å². The zero-order valence-corrected chi connectivity index (χ0v) is 12.0. The van der Waals surface area contributed by atoms with Crippen LogP contribution in [-0.2, 0) is 6.18 Å². The van der Waals surface area contributed by atoms with Gasteiger partial charge in [0.2, 0.25) is 0 Å². The molecule has 1 amide bonds. The van der Waals surface area contributed by atoms with E-state index in [0.29, 0.717) is 31.8 Å². The fourth-order valence-electron chi connectivity index (χ4n) is 2.78. The van der Waals surface area contributed by atoms with Crippen molar-refractivity contribution in [2.75, 3.05) is 19.6 Å². The van der Waals surface area contributed by atoms with Crippen molar-refractivity contribution in [2.24, 2.45) is 11.7 Å². The second kappa shape index (κ2) is 6.64. The van der Waals surface area contributed by atoms with Crippen LogP contribution in [0.5, 0.6) is 0 Å². The molecule has 7 heteroatoms. The normalized spacial score (nSPS) is 19.3. The standard InChI is InChI=1S/C15H18F4N2O/c16-13-4-3-11(8-12(13)15(17,18)19)14(22)21-7-1-2-10(9-21)5-6-20/h3-4,8,10H,1-2,5-7,9,20H2. The largest absolute Gasteiger partial charge is 0.419 e. The number of piperidine rings is 1. The second-order valence-corrected chi connectivity index (χ2v) is 5.53. The summed E-state index contributed by atoms with van der Waals surface area (Å²) in [6.45, 7) is 1.49. The van der Waals surface area contributed by atoms with E-state index in [2.05, 4.69) is 0 Å². The molecule has 0 saturated carbocycles. The summed E-state index contributed by atoms with van der Waals surface area (Å²) in [6, 6.07) is 2.38. The van der Waals surface area contributed by atoms with E-state index >= 15 is 0 Å². The lowest BCUT2D eigenvalue weighted by Gasteiger charge is -2.32. The molecule has 0 bridgehead atoms. The van der Waals surface area contributed by atoms with Crippen molar-refractivity contribution in [2.45, 2.75) is 25.4 Å². The molecule has 1 atom stereocenters. The fourth-order valence-corrected chi connectivity index (χ4v) is 2.78. The number of rotatable bonds is 3. The Morgan fingerprint density at radius 2 is 2.09 bits per heavy atom. The first kappa shape index (κ1) is 16.7. The van der Waals surface area contributed by atoms with E-state index in [4.69, 9.17) is 5.73 Å². The quantitative estimate of drug-likeness (QED) is 0.871. The molecule has 122 valence electrons. The number of likely N-dealkylation sites (tertiary alicyclic amines) is 1. The van der Waals surface area contributed by atoms with Gasteiger partial charge in [-0.25, -0.2) is 4.39 Å². The first-order valence-corrected chi connectivity index (χ1v) is 7.19. The third kappa shape index (κ3) is 3.76. The highest BCUT2D eigenvalue weighted by Crippen LogP contribution is 2.32. The molecular weight excluding hydrogens is 300 g/mol. The minimum absolute atomic E-state index is 0.137. The summed E-state index contributed by atoms with van der Waals surface area (Å²) < 4.78 is 51.4. The van der Waals surface area contributed by atoms with Gasteiger partial charge in [-0.1, -0.05) is 0 Å². The van der Waals surface area contributed by atoms with Gasteiger partial charge in [-0.05, 0) is 49.9 Å². The maximum absolute atomic E-state index is 13.3. The number of carbonyl (C=O) groups is 1. The number of hydrogen-bond acceptors (Lipinski definition) is 2. The second-order valence-electron chi connectivity index (χ2n) is 5.53. The Morgan fingerprint density at radius 1 is 1.36 bits per heavy atom. The van der Waals surface area contributed by atoms with Crippen molar-refractivity contribution in [3.63, 3.8) is 0 Å². The predicted molar refractivity (Wildman–Crippen MR) is 73.7 cm³/mol. The molecule has 22 heavy (non-hydrogen) atoms. The van der Waals surface area contributed by atoms with Gasteiger partial charge >= 0.3 is 6.18 Å². The molecule has 1 aliphatic rings. The Hall–Kier alpha value is -1.63. The van der Waals surface area contributed by atoms with Crippen LogP contribution in [0.15, 0.2) is 18.2 Å². The van der Waals surface area contributed by atoms with Crippen LogP contribution in [0.2, 0.25) is 0 Å². The molecule has 1 saturated heterocycles. The van der Waals surface area contributed by atoms with Gasteiger partial charge in [0.25, 0.3) is 5.91 Å². The Labute approximate surface area is 126 Å². The monoisotopic (exact) mass is 318 g/mol. The summed E-state index contributed by atoms with van der Waals surface area (Å²) in [6.07, 6.45) is -2.28. The molecule has 0 aliphatic carbocycles. The maximum Gasteiger partial charge on any atom is 0.419 e. The van der Waals surface area contributed by atoms with Crippen molar-refractivity contribution in [1.29, 1.82) is 0 Å². The predicted octanol–water partition coefficient (Wildman–Crippen LogP) is 3.05. The Morgan fingerprint density at radius 3 is 2.73 bits per heavy atom. The average Bonchev–Trinajstić information content (AvgIpc) is 2.46. The molecule has 1 fully saturated rings. The van der Waals surface area contributed by atoms with Gasteiger partial charge < -0.3 is 10.6 Å². The van der Waals surface area contributed by atoms with Gasteiger partial charge in [0.05, 0.1) is 5.56 Å². The summed E-state index contributed by atoms with van der Waals surface area (Å²) >= 11 is 0. The molecule has 3 nitrogen and oxygen atoms in total. The van der Waals surface area contributed by atoms with Crippen molar-refractivity contribution in [3.8, 4) is 0 Å². The third-order valence-electron chi connectivity index (χ3n) is 3.90. The van der Waals surface area contributed by atoms with E-state index < -0.39 is 23.5 Å². The summed E-state index contributed by atoms with van der Waals surface area (Å²) in [4.78, 5) is 13.9. The van der Waals surface area contributed by atoms with Gasteiger partial charge in [-0.3, -0.25) is 4.79 Å². The molecule has 2 rings (SSSR count). The molecular formula is C15H18F4N2O. The number of amides is 1. The zero-order chi connectivity index (χ0) is 16.3. The van der Waals surface area contributed by atoms with Gasteiger partial charge in [0.15, 0.2) is 0 Å². The number of carbonyl (C=O) groups excluding carboxylic acids is 1. The van der Waals surface area contributed by atoms with Crippen LogP contribution >= 0.6 is 0 Å². The van der Waals surface area contributed by atoms with Gasteiger partial charge in [0, 0.05) is 18.7 Å². The number of nitrogens with zero attached hydrogens (tertiary/aromatic N) is 1. The van der Waals surface area contributed by atoms with E-state index in [0.717, 1.165) is 25.3 Å². The van der Waals surface area contributed by atoms with E-state index in [1.165, 1.54) is 4.90 Å². The van der Waals surface area contributed by atoms with Gasteiger partial charge in [0.1, 0.15) is 5.82 Å². The summed E-state index contributed by atoms with van der Waals surface area (Å²) in [5.74, 6) is -1.60. The Bertz CT molecular complexity index is 543. The zero-order valence-electron chi connectivity index (χ0n) is 12.0.